The van der Waals surface area contributed by atoms with E-state index in [1.807, 2.05) is 19.2 Å². The van der Waals surface area contributed by atoms with Gasteiger partial charge in [0, 0.05) is 13.1 Å². The lowest BCUT2D eigenvalue weighted by Crippen LogP contribution is -2.30. The van der Waals surface area contributed by atoms with Crippen molar-refractivity contribution in [3.05, 3.63) is 29.3 Å². The SMILES string of the molecule is CSCC(C)CNS(=O)(=O)c1cccc(CN)c1C. The molecule has 4 nitrogen and oxygen atoms in total. The molecule has 108 valence electrons. The molecule has 0 spiro atoms. The van der Waals surface area contributed by atoms with Gasteiger partial charge >= 0.3 is 0 Å². The number of rotatable bonds is 7. The summed E-state index contributed by atoms with van der Waals surface area (Å²) in [4.78, 5) is 0.326. The number of hydrogen-bond acceptors (Lipinski definition) is 4. The Labute approximate surface area is 120 Å². The van der Waals surface area contributed by atoms with Gasteiger partial charge in [0.2, 0.25) is 10.0 Å². The first-order valence-corrected chi connectivity index (χ1v) is 9.07. The fraction of sp³-hybridized carbons (Fsp3) is 0.538. The Morgan fingerprint density at radius 1 is 1.42 bits per heavy atom. The molecule has 1 unspecified atom stereocenters. The molecule has 0 aliphatic carbocycles. The molecule has 3 N–H and O–H groups in total. The van der Waals surface area contributed by atoms with Crippen LogP contribution in [0.25, 0.3) is 0 Å². The van der Waals surface area contributed by atoms with E-state index < -0.39 is 10.0 Å². The summed E-state index contributed by atoms with van der Waals surface area (Å²) < 4.78 is 27.2. The summed E-state index contributed by atoms with van der Waals surface area (Å²) in [6.07, 6.45) is 2.01. The summed E-state index contributed by atoms with van der Waals surface area (Å²) in [5.41, 5.74) is 7.20. The van der Waals surface area contributed by atoms with E-state index in [-0.39, 0.29) is 0 Å². The summed E-state index contributed by atoms with van der Waals surface area (Å²) in [5, 5.41) is 0. The van der Waals surface area contributed by atoms with Crippen molar-refractivity contribution in [3.63, 3.8) is 0 Å². The van der Waals surface area contributed by atoms with Crippen LogP contribution in [0.5, 0.6) is 0 Å². The Morgan fingerprint density at radius 3 is 2.68 bits per heavy atom. The van der Waals surface area contributed by atoms with Crippen LogP contribution >= 0.6 is 11.8 Å². The average Bonchev–Trinajstić information content (AvgIpc) is 2.37. The summed E-state index contributed by atoms with van der Waals surface area (Å²) in [6.45, 7) is 4.62. The van der Waals surface area contributed by atoms with Crippen LogP contribution in [-0.2, 0) is 16.6 Å². The second-order valence-corrected chi connectivity index (χ2v) is 7.30. The van der Waals surface area contributed by atoms with Crippen molar-refractivity contribution in [2.75, 3.05) is 18.6 Å². The van der Waals surface area contributed by atoms with E-state index in [9.17, 15) is 8.42 Å². The van der Waals surface area contributed by atoms with Crippen LogP contribution in [0.2, 0.25) is 0 Å². The maximum absolute atomic E-state index is 12.3. The molecule has 1 atom stereocenters. The van der Waals surface area contributed by atoms with Crippen LogP contribution in [0.4, 0.5) is 0 Å². The van der Waals surface area contributed by atoms with Crippen LogP contribution < -0.4 is 10.5 Å². The monoisotopic (exact) mass is 302 g/mol. The van der Waals surface area contributed by atoms with E-state index in [2.05, 4.69) is 4.72 Å². The van der Waals surface area contributed by atoms with Crippen LogP contribution in [0.15, 0.2) is 23.1 Å². The number of benzene rings is 1. The quantitative estimate of drug-likeness (QED) is 0.804. The van der Waals surface area contributed by atoms with Gasteiger partial charge in [0.1, 0.15) is 0 Å². The lowest BCUT2D eigenvalue weighted by atomic mass is 10.1. The van der Waals surface area contributed by atoms with Gasteiger partial charge in [-0.3, -0.25) is 0 Å². The van der Waals surface area contributed by atoms with Gasteiger partial charge < -0.3 is 5.73 Å². The summed E-state index contributed by atoms with van der Waals surface area (Å²) in [5.74, 6) is 1.24. The second kappa shape index (κ2) is 7.28. The van der Waals surface area contributed by atoms with Crippen LogP contribution in [0.1, 0.15) is 18.1 Å². The van der Waals surface area contributed by atoms with Crippen molar-refractivity contribution in [1.82, 2.24) is 4.72 Å². The third-order valence-electron chi connectivity index (χ3n) is 2.98. The first-order chi connectivity index (χ1) is 8.92. The highest BCUT2D eigenvalue weighted by Crippen LogP contribution is 2.18. The minimum Gasteiger partial charge on any atom is -0.326 e. The van der Waals surface area contributed by atoms with Gasteiger partial charge in [-0.05, 0) is 42.0 Å². The van der Waals surface area contributed by atoms with Crippen molar-refractivity contribution in [1.29, 1.82) is 0 Å². The predicted molar refractivity (Wildman–Crippen MR) is 81.8 cm³/mol. The van der Waals surface area contributed by atoms with Crippen molar-refractivity contribution < 1.29 is 8.42 Å². The molecule has 0 radical (unpaired) electrons. The topological polar surface area (TPSA) is 72.2 Å². The highest BCUT2D eigenvalue weighted by molar-refractivity contribution is 7.98. The van der Waals surface area contributed by atoms with Gasteiger partial charge in [-0.25, -0.2) is 13.1 Å². The lowest BCUT2D eigenvalue weighted by molar-refractivity contribution is 0.562. The summed E-state index contributed by atoms with van der Waals surface area (Å²) >= 11 is 1.71. The van der Waals surface area contributed by atoms with E-state index in [1.54, 1.807) is 30.8 Å². The maximum Gasteiger partial charge on any atom is 0.240 e. The molecular formula is C13H22N2O2S2. The zero-order valence-corrected chi connectivity index (χ0v) is 13.3. The highest BCUT2D eigenvalue weighted by Gasteiger charge is 2.18. The fourth-order valence-corrected chi connectivity index (χ4v) is 3.98. The molecule has 0 aliphatic heterocycles. The van der Waals surface area contributed by atoms with Gasteiger partial charge in [0.25, 0.3) is 0 Å². The molecular weight excluding hydrogens is 280 g/mol. The molecule has 0 fully saturated rings. The normalized spacial score (nSPS) is 13.5. The van der Waals surface area contributed by atoms with Crippen molar-refractivity contribution in [3.8, 4) is 0 Å². The molecule has 6 heteroatoms. The Kier molecular flexibility index (Phi) is 6.32. The molecule has 0 bridgehead atoms. The van der Waals surface area contributed by atoms with Gasteiger partial charge in [-0.2, -0.15) is 11.8 Å². The molecule has 0 saturated heterocycles. The molecule has 19 heavy (non-hydrogen) atoms. The van der Waals surface area contributed by atoms with Crippen molar-refractivity contribution in [2.24, 2.45) is 11.7 Å². The molecule has 1 rings (SSSR count). The Balaban J connectivity index is 2.89. The third kappa shape index (κ3) is 4.49. The van der Waals surface area contributed by atoms with Crippen molar-refractivity contribution >= 4 is 21.8 Å². The fourth-order valence-electron chi connectivity index (χ4n) is 1.85. The van der Waals surface area contributed by atoms with Crippen molar-refractivity contribution in [2.45, 2.75) is 25.3 Å². The number of hydrogen-bond donors (Lipinski definition) is 2. The van der Waals surface area contributed by atoms with E-state index in [4.69, 9.17) is 5.73 Å². The third-order valence-corrected chi connectivity index (χ3v) is 5.45. The average molecular weight is 302 g/mol. The number of sulfonamides is 1. The minimum absolute atomic E-state index is 0.308. The first-order valence-electron chi connectivity index (χ1n) is 6.19. The number of nitrogens with one attached hydrogen (secondary N) is 1. The number of thioether (sulfide) groups is 1. The zero-order chi connectivity index (χ0) is 14.5. The zero-order valence-electron chi connectivity index (χ0n) is 11.6. The molecule has 0 aliphatic rings. The largest absolute Gasteiger partial charge is 0.326 e. The molecule has 0 saturated carbocycles. The molecule has 1 aromatic carbocycles. The van der Waals surface area contributed by atoms with Gasteiger partial charge in [0.05, 0.1) is 4.90 Å². The van der Waals surface area contributed by atoms with E-state index in [0.717, 1.165) is 16.9 Å². The van der Waals surface area contributed by atoms with Crippen LogP contribution in [0, 0.1) is 12.8 Å². The summed E-state index contributed by atoms with van der Waals surface area (Å²) in [7, 11) is -3.45. The smallest absolute Gasteiger partial charge is 0.240 e. The Morgan fingerprint density at radius 2 is 2.11 bits per heavy atom. The van der Waals surface area contributed by atoms with Gasteiger partial charge in [-0.15, -0.1) is 0 Å². The van der Waals surface area contributed by atoms with E-state index in [1.165, 1.54) is 0 Å². The van der Waals surface area contributed by atoms with Gasteiger partial charge in [0.15, 0.2) is 0 Å². The Hall–Kier alpha value is -0.560. The van der Waals surface area contributed by atoms with Crippen LogP contribution in [-0.4, -0.2) is 27.0 Å². The van der Waals surface area contributed by atoms with Crippen LogP contribution in [0.3, 0.4) is 0 Å². The lowest BCUT2D eigenvalue weighted by Gasteiger charge is -2.14. The summed E-state index contributed by atoms with van der Waals surface area (Å²) in [6, 6.07) is 5.20. The molecule has 1 aromatic rings. The molecule has 0 aromatic heterocycles. The van der Waals surface area contributed by atoms with Gasteiger partial charge in [-0.1, -0.05) is 19.1 Å². The maximum atomic E-state index is 12.3. The Bertz CT molecular complexity index is 515. The molecule has 0 amide bonds. The molecule has 0 heterocycles. The van der Waals surface area contributed by atoms with E-state index in [0.29, 0.717) is 23.9 Å². The predicted octanol–water partition coefficient (Wildman–Crippen LogP) is 1.73. The standard InChI is InChI=1S/C13H22N2O2S2/c1-10(9-18-3)8-15-19(16,17)13-6-4-5-12(7-14)11(13)2/h4-6,10,15H,7-9,14H2,1-3H3. The second-order valence-electron chi connectivity index (χ2n) is 4.66. The first kappa shape index (κ1) is 16.5. The number of nitrogens with two attached hydrogens (primary N) is 1. The highest BCUT2D eigenvalue weighted by atomic mass is 32.2. The minimum atomic E-state index is -3.45. The van der Waals surface area contributed by atoms with E-state index >= 15 is 0 Å².